The zero-order chi connectivity index (χ0) is 72.5. The van der Waals surface area contributed by atoms with Gasteiger partial charge < -0.3 is 27.9 Å². The second kappa shape index (κ2) is 79.5. The number of likely N-dealkylation sites (N-methyl/N-ethyl adjacent to an activating group) is 1. The summed E-state index contributed by atoms with van der Waals surface area (Å²) in [5, 5.41) is 0. The van der Waals surface area contributed by atoms with Gasteiger partial charge in [0.25, 0.3) is 7.82 Å². The average Bonchev–Trinajstić information content (AvgIpc) is 1.02. The van der Waals surface area contributed by atoms with Crippen LogP contribution in [0.15, 0.2) is 122 Å². The second-order valence-corrected chi connectivity index (χ2v) is 30.9. The molecule has 0 aromatic carbocycles. The molecule has 0 aliphatic rings. The number of carbonyl (C=O) groups is 2. The zero-order valence-corrected chi connectivity index (χ0v) is 67.0. The van der Waals surface area contributed by atoms with Gasteiger partial charge >= 0.3 is 11.9 Å². The van der Waals surface area contributed by atoms with Crippen LogP contribution in [-0.2, 0) is 32.7 Å². The van der Waals surface area contributed by atoms with Crippen LogP contribution in [0.3, 0.4) is 0 Å². The SMILES string of the molecule is CC/C=C\C/C=C\C/C=C\C/C=C\C/C=C\C/C=C\C/C=C\C/C=C\C/C=C\C/C=C\CCCCCCCCC(=O)OC(COC(=O)CCCCCCCCCCCCCCCCCCCCCCCCCCCCCCCCCCCCCCCCC)COP(=O)([O-])OCC[N+](C)(C)C. The van der Waals surface area contributed by atoms with E-state index in [-0.39, 0.29) is 32.0 Å². The van der Waals surface area contributed by atoms with Crippen LogP contribution in [0.25, 0.3) is 0 Å². The lowest BCUT2D eigenvalue weighted by Gasteiger charge is -2.28. The van der Waals surface area contributed by atoms with E-state index in [1.165, 1.54) is 231 Å². The molecule has 100 heavy (non-hydrogen) atoms. The summed E-state index contributed by atoms with van der Waals surface area (Å²) in [4.78, 5) is 38.2. The maximum atomic E-state index is 12.9. The van der Waals surface area contributed by atoms with Crippen LogP contribution in [0.5, 0.6) is 0 Å². The van der Waals surface area contributed by atoms with Gasteiger partial charge in [-0.25, -0.2) is 0 Å². The molecule has 0 bridgehead atoms. The molecule has 0 radical (unpaired) electrons. The smallest absolute Gasteiger partial charge is 0.306 e. The predicted octanol–water partition coefficient (Wildman–Crippen LogP) is 27.9. The van der Waals surface area contributed by atoms with Crippen LogP contribution in [0.1, 0.15) is 386 Å². The van der Waals surface area contributed by atoms with E-state index in [0.717, 1.165) is 122 Å². The van der Waals surface area contributed by atoms with E-state index in [1.54, 1.807) is 0 Å². The van der Waals surface area contributed by atoms with Gasteiger partial charge in [-0.05, 0) is 89.9 Å². The van der Waals surface area contributed by atoms with E-state index in [2.05, 4.69) is 135 Å². The molecule has 0 saturated carbocycles. The van der Waals surface area contributed by atoms with Crippen LogP contribution in [0.4, 0.5) is 0 Å². The Balaban J connectivity index is 3.98. The summed E-state index contributed by atoms with van der Waals surface area (Å²) in [6.07, 6.45) is 115. The minimum atomic E-state index is -4.66. The van der Waals surface area contributed by atoms with Crippen LogP contribution in [0, 0.1) is 0 Å². The number of esters is 2. The second-order valence-electron chi connectivity index (χ2n) is 29.5. The standard InChI is InChI=1S/C90H160NO8P/c1-6-8-10-12-14-16-18-20-22-24-26-28-30-32-34-36-38-40-42-44-45-47-48-50-52-54-56-58-60-62-64-66-68-70-72-74-76-78-80-82-89(92)96-86-88(87-98-100(94,95)97-85-84-91(3,4)5)99-90(93)83-81-79-77-75-73-71-69-67-65-63-61-59-57-55-53-51-49-46-43-41-39-37-35-33-31-29-27-25-23-21-19-17-15-13-11-9-7-2/h9,11,15,17,21,23,27,29,33,35,39,41,46,49,53,55,59,61,65,67,88H,6-8,10,12-14,16,18-20,22,24-26,28,30-32,34,36-38,40,42-45,47-48,50-52,54,56-58,60,62-64,66,68-87H2,1-5H3/b11-9-,17-15-,23-21-,29-27-,35-33-,41-39-,49-46-,55-53-,61-59-,67-65-. The molecule has 10 heteroatoms. The van der Waals surface area contributed by atoms with Crippen molar-refractivity contribution in [2.45, 2.75) is 392 Å². The van der Waals surface area contributed by atoms with Crippen LogP contribution < -0.4 is 4.89 Å². The van der Waals surface area contributed by atoms with Gasteiger partial charge in [-0.3, -0.25) is 14.2 Å². The summed E-state index contributed by atoms with van der Waals surface area (Å²) in [6.45, 7) is 4.15. The molecule has 0 amide bonds. The highest BCUT2D eigenvalue weighted by molar-refractivity contribution is 7.45. The topological polar surface area (TPSA) is 111 Å². The Morgan fingerprint density at radius 1 is 0.320 bits per heavy atom. The molecule has 0 aromatic rings. The minimum absolute atomic E-state index is 0.0381. The van der Waals surface area contributed by atoms with Crippen molar-refractivity contribution in [3.05, 3.63) is 122 Å². The minimum Gasteiger partial charge on any atom is -0.756 e. The van der Waals surface area contributed by atoms with Gasteiger partial charge in [-0.15, -0.1) is 0 Å². The molecule has 0 fully saturated rings. The fourth-order valence-electron chi connectivity index (χ4n) is 12.1. The molecule has 2 atom stereocenters. The van der Waals surface area contributed by atoms with Gasteiger partial charge in [0, 0.05) is 12.8 Å². The maximum Gasteiger partial charge on any atom is 0.306 e. The van der Waals surface area contributed by atoms with Crippen molar-refractivity contribution < 1.29 is 42.1 Å². The molecule has 0 rings (SSSR count). The average molecular weight is 1420 g/mol. The van der Waals surface area contributed by atoms with E-state index in [0.29, 0.717) is 17.4 Å². The third-order valence-corrected chi connectivity index (χ3v) is 19.5. The first-order valence-electron chi connectivity index (χ1n) is 42.2. The zero-order valence-electron chi connectivity index (χ0n) is 66.1. The number of phosphoric acid groups is 1. The van der Waals surface area contributed by atoms with Crippen molar-refractivity contribution in [3.63, 3.8) is 0 Å². The number of phosphoric ester groups is 1. The van der Waals surface area contributed by atoms with Crippen molar-refractivity contribution in [1.29, 1.82) is 0 Å². The number of nitrogens with zero attached hydrogens (tertiary/aromatic N) is 1. The highest BCUT2D eigenvalue weighted by Crippen LogP contribution is 2.38. The number of unbranched alkanes of at least 4 members (excludes halogenated alkanes) is 44. The number of hydrogen-bond donors (Lipinski definition) is 0. The number of quaternary nitrogens is 1. The molecule has 0 aromatic heterocycles. The summed E-state index contributed by atoms with van der Waals surface area (Å²) in [7, 11) is 1.16. The summed E-state index contributed by atoms with van der Waals surface area (Å²) < 4.78 is 34.4. The van der Waals surface area contributed by atoms with Gasteiger partial charge in [-0.2, -0.15) is 0 Å². The van der Waals surface area contributed by atoms with E-state index in [4.69, 9.17) is 18.5 Å². The Morgan fingerprint density at radius 2 is 0.570 bits per heavy atom. The van der Waals surface area contributed by atoms with Gasteiger partial charge in [0.05, 0.1) is 27.7 Å². The van der Waals surface area contributed by atoms with E-state index in [9.17, 15) is 19.0 Å². The lowest BCUT2D eigenvalue weighted by molar-refractivity contribution is -0.870. The van der Waals surface area contributed by atoms with Crippen molar-refractivity contribution >= 4 is 19.8 Å². The first-order valence-corrected chi connectivity index (χ1v) is 43.7. The molecular weight excluding hydrogens is 1250 g/mol. The van der Waals surface area contributed by atoms with Crippen molar-refractivity contribution in [2.24, 2.45) is 0 Å². The Labute approximate surface area is 619 Å². The quantitative estimate of drug-likeness (QED) is 0.0195. The first kappa shape index (κ1) is 96.4. The highest BCUT2D eigenvalue weighted by atomic mass is 31.2. The molecule has 0 saturated heterocycles. The fraction of sp³-hybridized carbons (Fsp3) is 0.756. The molecule has 9 nitrogen and oxygen atoms in total. The normalized spacial score (nSPS) is 13.6. The molecular formula is C90H160NO8P. The molecule has 0 spiro atoms. The third kappa shape index (κ3) is 83.4. The number of hydrogen-bond acceptors (Lipinski definition) is 8. The summed E-state index contributed by atoms with van der Waals surface area (Å²) in [6, 6.07) is 0. The molecule has 0 N–H and O–H groups in total. The molecule has 0 aliphatic carbocycles. The number of ether oxygens (including phenoxy) is 2. The molecule has 0 aliphatic heterocycles. The summed E-state index contributed by atoms with van der Waals surface area (Å²) >= 11 is 0. The van der Waals surface area contributed by atoms with E-state index in [1.807, 2.05) is 21.1 Å². The summed E-state index contributed by atoms with van der Waals surface area (Å²) in [5.41, 5.74) is 0. The molecule has 578 valence electrons. The van der Waals surface area contributed by atoms with E-state index < -0.39 is 26.5 Å². The Morgan fingerprint density at radius 3 is 0.850 bits per heavy atom. The Bertz CT molecular complexity index is 2110. The van der Waals surface area contributed by atoms with E-state index >= 15 is 0 Å². The number of allylic oxidation sites excluding steroid dienone is 20. The monoisotopic (exact) mass is 1410 g/mol. The molecule has 0 heterocycles. The van der Waals surface area contributed by atoms with Gasteiger partial charge in [0.15, 0.2) is 6.10 Å². The number of carbonyl (C=O) groups excluding carboxylic acids is 2. The largest absolute Gasteiger partial charge is 0.756 e. The number of rotatable bonds is 78. The van der Waals surface area contributed by atoms with Crippen molar-refractivity contribution in [3.8, 4) is 0 Å². The summed E-state index contributed by atoms with van der Waals surface area (Å²) in [5.74, 6) is -0.842. The van der Waals surface area contributed by atoms with Gasteiger partial charge in [0.1, 0.15) is 19.8 Å². The van der Waals surface area contributed by atoms with Gasteiger partial charge in [0.2, 0.25) is 0 Å². The fourth-order valence-corrected chi connectivity index (χ4v) is 12.8. The van der Waals surface area contributed by atoms with Crippen LogP contribution >= 0.6 is 7.82 Å². The van der Waals surface area contributed by atoms with Crippen LogP contribution in [0.2, 0.25) is 0 Å². The maximum absolute atomic E-state index is 12.9. The predicted molar refractivity (Wildman–Crippen MR) is 434 cm³/mol. The van der Waals surface area contributed by atoms with Crippen LogP contribution in [-0.4, -0.2) is 70.0 Å². The van der Waals surface area contributed by atoms with Crippen molar-refractivity contribution in [1.82, 2.24) is 0 Å². The lowest BCUT2D eigenvalue weighted by Crippen LogP contribution is -2.37. The Hall–Kier alpha value is -3.59. The Kier molecular flexibility index (Phi) is 76.7. The highest BCUT2D eigenvalue weighted by Gasteiger charge is 2.22. The third-order valence-electron chi connectivity index (χ3n) is 18.5. The van der Waals surface area contributed by atoms with Gasteiger partial charge in [-0.1, -0.05) is 405 Å². The molecule has 2 unspecified atom stereocenters. The van der Waals surface area contributed by atoms with Crippen molar-refractivity contribution in [2.75, 3.05) is 47.5 Å². The first-order chi connectivity index (χ1) is 49.0. The lowest BCUT2D eigenvalue weighted by atomic mass is 10.0.